The smallest absolute Gasteiger partial charge is 0.506 e. The van der Waals surface area contributed by atoms with Gasteiger partial charge in [0.15, 0.2) is 0 Å². The molecule has 2 aliphatic heterocycles. The molecule has 6 rings (SSSR count). The van der Waals surface area contributed by atoms with E-state index in [1.165, 1.54) is 12.1 Å². The standard InChI is InChI=1S/C27H20F2N4O2.Pt/c28-18-7-5-11-22-26(18)32(20-9-1-3-13-24(20)34)16-30(22)15-31-17-33(21-10-2-4-14-25(21)35)27-19(29)8-6-12-23(27)31;/h1-14,16-17,34-35H,15H2;/q-2;+2. The number of para-hydroxylation sites is 6. The molecule has 2 aliphatic rings. The monoisotopic (exact) mass is 665 g/mol. The second-order valence-corrected chi connectivity index (χ2v) is 8.24. The van der Waals surface area contributed by atoms with E-state index in [0.29, 0.717) is 34.1 Å². The van der Waals surface area contributed by atoms with Gasteiger partial charge in [-0.05, 0) is 48.5 Å². The van der Waals surface area contributed by atoms with Crippen LogP contribution in [0.1, 0.15) is 0 Å². The van der Waals surface area contributed by atoms with E-state index in [1.54, 1.807) is 95.9 Å². The van der Waals surface area contributed by atoms with Crippen molar-refractivity contribution in [3.8, 4) is 11.5 Å². The van der Waals surface area contributed by atoms with Gasteiger partial charge in [0.25, 0.3) is 0 Å². The molecule has 36 heavy (non-hydrogen) atoms. The normalized spacial score (nSPS) is 14.1. The zero-order valence-corrected chi connectivity index (χ0v) is 21.0. The molecule has 0 atom stereocenters. The molecule has 0 unspecified atom stereocenters. The van der Waals surface area contributed by atoms with E-state index < -0.39 is 11.6 Å². The molecular formula is C27H20F2N4O2Pt. The van der Waals surface area contributed by atoms with E-state index in [1.807, 2.05) is 9.80 Å². The molecular weight excluding hydrogens is 645 g/mol. The summed E-state index contributed by atoms with van der Waals surface area (Å²) in [6.07, 6.45) is 0. The van der Waals surface area contributed by atoms with Gasteiger partial charge in [-0.15, -0.1) is 13.3 Å². The Morgan fingerprint density at radius 1 is 0.556 bits per heavy atom. The summed E-state index contributed by atoms with van der Waals surface area (Å²) in [6, 6.07) is 23.0. The van der Waals surface area contributed by atoms with Crippen LogP contribution in [0, 0.1) is 25.0 Å². The SMILES string of the molecule is Oc1ccccc1N1[CH-]N(CN2[CH-]N(c3ccccc3O)c3c(F)cccc32)c2cccc(F)c21.[Pt+2]. The first-order valence-electron chi connectivity index (χ1n) is 11.0. The average molecular weight is 666 g/mol. The Hall–Kier alpha value is -3.77. The summed E-state index contributed by atoms with van der Waals surface area (Å²) in [6.45, 7) is 3.64. The fourth-order valence-corrected chi connectivity index (χ4v) is 4.56. The molecule has 6 nitrogen and oxygen atoms in total. The summed E-state index contributed by atoms with van der Waals surface area (Å²) in [5.74, 6) is -0.828. The van der Waals surface area contributed by atoms with Crippen LogP contribution >= 0.6 is 0 Å². The van der Waals surface area contributed by atoms with Crippen LogP contribution in [0.5, 0.6) is 11.5 Å². The molecule has 0 aromatic heterocycles. The second-order valence-electron chi connectivity index (χ2n) is 8.24. The molecule has 0 amide bonds. The summed E-state index contributed by atoms with van der Waals surface area (Å²) >= 11 is 0. The Bertz CT molecular complexity index is 1330. The quantitative estimate of drug-likeness (QED) is 0.254. The summed E-state index contributed by atoms with van der Waals surface area (Å²) < 4.78 is 30.0. The number of halogens is 2. The zero-order chi connectivity index (χ0) is 24.1. The third-order valence-corrected chi connectivity index (χ3v) is 6.13. The molecule has 9 heteroatoms. The van der Waals surface area contributed by atoms with Crippen molar-refractivity contribution in [3.63, 3.8) is 0 Å². The number of fused-ring (bicyclic) bond motifs is 2. The Morgan fingerprint density at radius 2 is 0.944 bits per heavy atom. The van der Waals surface area contributed by atoms with Crippen LogP contribution in [0.3, 0.4) is 0 Å². The number of hydrogen-bond donors (Lipinski definition) is 2. The fourth-order valence-electron chi connectivity index (χ4n) is 4.56. The summed E-state index contributed by atoms with van der Waals surface area (Å²) in [4.78, 5) is 6.85. The third-order valence-electron chi connectivity index (χ3n) is 6.13. The molecule has 0 saturated carbocycles. The van der Waals surface area contributed by atoms with Crippen molar-refractivity contribution in [2.75, 3.05) is 26.3 Å². The van der Waals surface area contributed by atoms with E-state index in [4.69, 9.17) is 0 Å². The number of phenolic OH excluding ortho intramolecular Hbond substituents is 2. The van der Waals surface area contributed by atoms with Crippen LogP contribution in [0.2, 0.25) is 0 Å². The van der Waals surface area contributed by atoms with E-state index in [9.17, 15) is 19.0 Å². The van der Waals surface area contributed by atoms with Crippen LogP contribution in [0.4, 0.5) is 42.9 Å². The Balaban J connectivity index is 0.00000267. The van der Waals surface area contributed by atoms with Crippen LogP contribution in [-0.2, 0) is 21.1 Å². The molecule has 4 aromatic carbocycles. The number of anilines is 6. The maximum atomic E-state index is 15.0. The first-order valence-corrected chi connectivity index (χ1v) is 11.0. The molecule has 2 N–H and O–H groups in total. The first-order chi connectivity index (χ1) is 17.0. The Labute approximate surface area is 221 Å². The number of hydrogen-bond acceptors (Lipinski definition) is 6. The van der Waals surface area contributed by atoms with Crippen LogP contribution in [0.15, 0.2) is 84.9 Å². The first kappa shape index (κ1) is 23.9. The van der Waals surface area contributed by atoms with Crippen LogP contribution in [-0.4, -0.2) is 16.9 Å². The van der Waals surface area contributed by atoms with Crippen molar-refractivity contribution in [3.05, 3.63) is 110 Å². The number of aromatic hydroxyl groups is 2. The van der Waals surface area contributed by atoms with E-state index in [-0.39, 0.29) is 39.2 Å². The number of phenols is 2. The molecule has 0 fully saturated rings. The molecule has 184 valence electrons. The van der Waals surface area contributed by atoms with E-state index in [2.05, 4.69) is 0 Å². The Kier molecular flexibility index (Phi) is 6.22. The molecule has 4 aromatic rings. The van der Waals surface area contributed by atoms with Gasteiger partial charge >= 0.3 is 21.1 Å². The van der Waals surface area contributed by atoms with Gasteiger partial charge < -0.3 is 29.8 Å². The Morgan fingerprint density at radius 3 is 1.36 bits per heavy atom. The van der Waals surface area contributed by atoms with Crippen molar-refractivity contribution in [1.29, 1.82) is 0 Å². The minimum Gasteiger partial charge on any atom is -0.506 e. The fraction of sp³-hybridized carbons (Fsp3) is 0.0370. The molecule has 2 heterocycles. The van der Waals surface area contributed by atoms with Crippen molar-refractivity contribution in [2.24, 2.45) is 0 Å². The van der Waals surface area contributed by atoms with E-state index in [0.717, 1.165) is 0 Å². The largest absolute Gasteiger partial charge is 2.00 e. The summed E-state index contributed by atoms with van der Waals surface area (Å²) in [5, 5.41) is 20.8. The van der Waals surface area contributed by atoms with Gasteiger partial charge in [-0.2, -0.15) is 0 Å². The minimum absolute atomic E-state index is 0. The maximum Gasteiger partial charge on any atom is 2.00 e. The van der Waals surface area contributed by atoms with Gasteiger partial charge in [-0.3, -0.25) is 0 Å². The summed E-state index contributed by atoms with van der Waals surface area (Å²) in [7, 11) is 0. The van der Waals surface area contributed by atoms with Crippen LogP contribution < -0.4 is 19.6 Å². The van der Waals surface area contributed by atoms with Crippen molar-refractivity contribution in [2.45, 2.75) is 0 Å². The van der Waals surface area contributed by atoms with E-state index >= 15 is 0 Å². The van der Waals surface area contributed by atoms with Gasteiger partial charge in [0.2, 0.25) is 0 Å². The van der Waals surface area contributed by atoms with Gasteiger partial charge in [-0.25, -0.2) is 8.78 Å². The third kappa shape index (κ3) is 3.82. The average Bonchev–Trinajstić information content (AvgIpc) is 3.40. The summed E-state index contributed by atoms with van der Waals surface area (Å²) in [5.41, 5.74) is 2.69. The van der Waals surface area contributed by atoms with Gasteiger partial charge in [0.05, 0.1) is 22.7 Å². The second kappa shape index (κ2) is 9.36. The number of nitrogens with zero attached hydrogens (tertiary/aromatic N) is 4. The maximum absolute atomic E-state index is 15.0. The molecule has 0 radical (unpaired) electrons. The van der Waals surface area contributed by atoms with Gasteiger partial charge in [0.1, 0.15) is 23.1 Å². The molecule has 0 saturated heterocycles. The minimum atomic E-state index is -0.433. The number of benzene rings is 4. The van der Waals surface area contributed by atoms with Gasteiger partial charge in [0, 0.05) is 18.0 Å². The topological polar surface area (TPSA) is 53.4 Å². The number of rotatable bonds is 4. The molecule has 0 spiro atoms. The molecule has 0 bridgehead atoms. The van der Waals surface area contributed by atoms with Crippen LogP contribution in [0.25, 0.3) is 0 Å². The van der Waals surface area contributed by atoms with Crippen molar-refractivity contribution in [1.82, 2.24) is 0 Å². The molecule has 0 aliphatic carbocycles. The van der Waals surface area contributed by atoms with Crippen molar-refractivity contribution >= 4 is 34.1 Å². The zero-order valence-electron chi connectivity index (χ0n) is 18.7. The predicted molar refractivity (Wildman–Crippen MR) is 132 cm³/mol. The van der Waals surface area contributed by atoms with Crippen molar-refractivity contribution < 1.29 is 40.1 Å². The van der Waals surface area contributed by atoms with Gasteiger partial charge in [-0.1, -0.05) is 36.4 Å². The predicted octanol–water partition coefficient (Wildman–Crippen LogP) is 6.19.